The van der Waals surface area contributed by atoms with Crippen molar-refractivity contribution in [2.24, 2.45) is 12.8 Å². The maximum Gasteiger partial charge on any atom is 0.332 e. The molecule has 1 heterocycles. The van der Waals surface area contributed by atoms with Crippen LogP contribution < -0.4 is 11.4 Å². The lowest BCUT2D eigenvalue weighted by Gasteiger charge is -2.10. The lowest BCUT2D eigenvalue weighted by molar-refractivity contribution is 0.671. The predicted molar refractivity (Wildman–Crippen MR) is 70.9 cm³/mol. The monoisotopic (exact) mass is 243 g/mol. The number of nitrogens with two attached hydrogens (primary N) is 1. The Labute approximate surface area is 106 Å². The zero-order valence-corrected chi connectivity index (χ0v) is 10.5. The van der Waals surface area contributed by atoms with E-state index in [1.807, 2.05) is 18.2 Å². The van der Waals surface area contributed by atoms with Gasteiger partial charge in [0.15, 0.2) is 0 Å². The molecule has 4 nitrogen and oxygen atoms in total. The van der Waals surface area contributed by atoms with E-state index in [1.165, 1.54) is 5.56 Å². The molecule has 94 valence electrons. The van der Waals surface area contributed by atoms with Gasteiger partial charge in [0, 0.05) is 25.0 Å². The van der Waals surface area contributed by atoms with Crippen molar-refractivity contribution in [3.8, 4) is 5.69 Å². The van der Waals surface area contributed by atoms with Crippen molar-refractivity contribution in [1.82, 2.24) is 9.13 Å². The van der Waals surface area contributed by atoms with E-state index in [9.17, 15) is 4.79 Å². The van der Waals surface area contributed by atoms with Gasteiger partial charge in [-0.15, -0.1) is 0 Å². The van der Waals surface area contributed by atoms with Crippen LogP contribution in [0, 0.1) is 0 Å². The average Bonchev–Trinajstić information content (AvgIpc) is 2.97. The molecule has 0 aliphatic heterocycles. The van der Waals surface area contributed by atoms with Crippen LogP contribution in [0.15, 0.2) is 41.5 Å². The topological polar surface area (TPSA) is 52.9 Å². The summed E-state index contributed by atoms with van der Waals surface area (Å²) in [5.74, 6) is 0. The Kier molecular flexibility index (Phi) is 2.41. The summed E-state index contributed by atoms with van der Waals surface area (Å²) < 4.78 is 3.22. The second kappa shape index (κ2) is 3.85. The van der Waals surface area contributed by atoms with Gasteiger partial charge in [-0.2, -0.15) is 0 Å². The Hall–Kier alpha value is -1.81. The molecule has 18 heavy (non-hydrogen) atoms. The zero-order chi connectivity index (χ0) is 12.8. The first-order valence-corrected chi connectivity index (χ1v) is 6.20. The third kappa shape index (κ3) is 1.99. The molecule has 0 bridgehead atoms. The zero-order valence-electron chi connectivity index (χ0n) is 10.5. The van der Waals surface area contributed by atoms with Crippen molar-refractivity contribution in [2.45, 2.75) is 24.8 Å². The molecule has 1 fully saturated rings. The summed E-state index contributed by atoms with van der Waals surface area (Å²) in [7, 11) is 1.75. The number of hydrogen-bond acceptors (Lipinski definition) is 2. The highest BCUT2D eigenvalue weighted by atomic mass is 16.1. The first-order valence-electron chi connectivity index (χ1n) is 6.20. The fourth-order valence-electron chi connectivity index (χ4n) is 2.22. The number of rotatable bonds is 3. The minimum atomic E-state index is -0.0268. The quantitative estimate of drug-likeness (QED) is 0.881. The van der Waals surface area contributed by atoms with Crippen molar-refractivity contribution in [2.75, 3.05) is 0 Å². The molecule has 4 heteroatoms. The molecule has 0 spiro atoms. The van der Waals surface area contributed by atoms with Crippen molar-refractivity contribution in [1.29, 1.82) is 0 Å². The standard InChI is InChI=1S/C14H17N3O/c1-16-7-8-17(13(16)18)12-4-2-3-11(9-12)10-14(15)5-6-14/h2-4,7-9H,5-6,10,15H2,1H3. The summed E-state index contributed by atoms with van der Waals surface area (Å²) in [5, 5.41) is 0. The Morgan fingerprint density at radius 3 is 2.72 bits per heavy atom. The van der Waals surface area contributed by atoms with Gasteiger partial charge in [0.1, 0.15) is 0 Å². The van der Waals surface area contributed by atoms with Gasteiger partial charge in [-0.3, -0.25) is 4.57 Å². The van der Waals surface area contributed by atoms with Crippen molar-refractivity contribution < 1.29 is 0 Å². The number of aromatic nitrogens is 2. The molecule has 3 rings (SSSR count). The summed E-state index contributed by atoms with van der Waals surface area (Å²) in [5.41, 5.74) is 8.20. The van der Waals surface area contributed by atoms with E-state index in [2.05, 4.69) is 6.07 Å². The van der Waals surface area contributed by atoms with Crippen LogP contribution >= 0.6 is 0 Å². The van der Waals surface area contributed by atoms with Gasteiger partial charge in [-0.05, 0) is 37.0 Å². The fourth-order valence-corrected chi connectivity index (χ4v) is 2.22. The van der Waals surface area contributed by atoms with E-state index in [-0.39, 0.29) is 11.2 Å². The summed E-state index contributed by atoms with van der Waals surface area (Å²) in [6, 6.07) is 8.05. The van der Waals surface area contributed by atoms with Crippen molar-refractivity contribution in [3.63, 3.8) is 0 Å². The Morgan fingerprint density at radius 1 is 1.33 bits per heavy atom. The minimum absolute atomic E-state index is 0.000270. The lowest BCUT2D eigenvalue weighted by Crippen LogP contribution is -2.25. The highest BCUT2D eigenvalue weighted by molar-refractivity contribution is 5.37. The van der Waals surface area contributed by atoms with Gasteiger partial charge in [0.25, 0.3) is 0 Å². The molecule has 1 aliphatic rings. The second-order valence-electron chi connectivity index (χ2n) is 5.27. The van der Waals surface area contributed by atoms with E-state index in [1.54, 1.807) is 28.6 Å². The molecule has 1 aromatic heterocycles. The van der Waals surface area contributed by atoms with Crippen molar-refractivity contribution >= 4 is 0 Å². The maximum absolute atomic E-state index is 11.9. The maximum atomic E-state index is 11.9. The predicted octanol–water partition coefficient (Wildman–Crippen LogP) is 1.21. The van der Waals surface area contributed by atoms with E-state index in [0.29, 0.717) is 0 Å². The van der Waals surface area contributed by atoms with Crippen LogP contribution in [-0.4, -0.2) is 14.7 Å². The van der Waals surface area contributed by atoms with Crippen molar-refractivity contribution in [3.05, 3.63) is 52.7 Å². The number of hydrogen-bond donors (Lipinski definition) is 1. The van der Waals surface area contributed by atoms with Gasteiger partial charge >= 0.3 is 5.69 Å². The summed E-state index contributed by atoms with van der Waals surface area (Å²) in [6.07, 6.45) is 6.64. The molecule has 2 aromatic rings. The molecular formula is C14H17N3O. The van der Waals surface area contributed by atoms with Gasteiger partial charge in [-0.1, -0.05) is 12.1 Å². The van der Waals surface area contributed by atoms with E-state index >= 15 is 0 Å². The van der Waals surface area contributed by atoms with Crippen LogP contribution in [0.2, 0.25) is 0 Å². The smallest absolute Gasteiger partial charge is 0.325 e. The van der Waals surface area contributed by atoms with Gasteiger partial charge in [0.05, 0.1) is 5.69 Å². The minimum Gasteiger partial charge on any atom is -0.325 e. The number of aryl methyl sites for hydroxylation is 1. The Bertz CT molecular complexity index is 634. The molecule has 1 aromatic carbocycles. The molecule has 0 radical (unpaired) electrons. The van der Waals surface area contributed by atoms with Gasteiger partial charge in [-0.25, -0.2) is 4.79 Å². The van der Waals surface area contributed by atoms with E-state index in [0.717, 1.165) is 24.9 Å². The highest BCUT2D eigenvalue weighted by Gasteiger charge is 2.37. The normalized spacial score (nSPS) is 16.8. The summed E-state index contributed by atoms with van der Waals surface area (Å²) in [4.78, 5) is 11.9. The average molecular weight is 243 g/mol. The van der Waals surface area contributed by atoms with E-state index < -0.39 is 0 Å². The number of benzene rings is 1. The van der Waals surface area contributed by atoms with Crippen LogP contribution in [0.4, 0.5) is 0 Å². The summed E-state index contributed by atoms with van der Waals surface area (Å²) >= 11 is 0. The first-order chi connectivity index (χ1) is 8.57. The van der Waals surface area contributed by atoms with Crippen LogP contribution in [0.25, 0.3) is 5.69 Å². The Balaban J connectivity index is 1.95. The SMILES string of the molecule is Cn1ccn(-c2cccc(CC3(N)CC3)c2)c1=O. The third-order valence-corrected chi connectivity index (χ3v) is 3.58. The third-order valence-electron chi connectivity index (χ3n) is 3.58. The largest absolute Gasteiger partial charge is 0.332 e. The highest BCUT2D eigenvalue weighted by Crippen LogP contribution is 2.35. The van der Waals surface area contributed by atoms with Gasteiger partial charge in [0.2, 0.25) is 0 Å². The second-order valence-corrected chi connectivity index (χ2v) is 5.27. The van der Waals surface area contributed by atoms with Crippen LogP contribution in [-0.2, 0) is 13.5 Å². The molecule has 2 N–H and O–H groups in total. The van der Waals surface area contributed by atoms with Gasteiger partial charge < -0.3 is 10.3 Å². The summed E-state index contributed by atoms with van der Waals surface area (Å²) in [6.45, 7) is 0. The number of imidazole rings is 1. The Morgan fingerprint density at radius 2 is 2.11 bits per heavy atom. The molecular weight excluding hydrogens is 226 g/mol. The van der Waals surface area contributed by atoms with Crippen LogP contribution in [0.3, 0.4) is 0 Å². The van der Waals surface area contributed by atoms with Crippen LogP contribution in [0.1, 0.15) is 18.4 Å². The lowest BCUT2D eigenvalue weighted by atomic mass is 10.0. The molecule has 0 atom stereocenters. The first kappa shape index (κ1) is 11.3. The molecule has 1 aliphatic carbocycles. The molecule has 0 amide bonds. The molecule has 0 unspecified atom stereocenters. The fraction of sp³-hybridized carbons (Fsp3) is 0.357. The van der Waals surface area contributed by atoms with E-state index in [4.69, 9.17) is 5.73 Å². The van der Waals surface area contributed by atoms with Crippen LogP contribution in [0.5, 0.6) is 0 Å². The molecule has 1 saturated carbocycles. The molecule has 0 saturated heterocycles. The number of nitrogens with zero attached hydrogens (tertiary/aromatic N) is 2.